The summed E-state index contributed by atoms with van der Waals surface area (Å²) in [6.45, 7) is 5.44. The molecule has 0 amide bonds. The van der Waals surface area contributed by atoms with Crippen LogP contribution in [-0.2, 0) is 13.1 Å². The van der Waals surface area contributed by atoms with E-state index in [1.165, 1.54) is 22.3 Å². The van der Waals surface area contributed by atoms with Gasteiger partial charge < -0.3 is 22.1 Å². The molecule has 0 aromatic heterocycles. The highest BCUT2D eigenvalue weighted by molar-refractivity contribution is 5.63. The lowest BCUT2D eigenvalue weighted by atomic mass is 10.0. The molecule has 2 rings (SSSR count). The molecule has 0 saturated heterocycles. The Bertz CT molecular complexity index is 537. The normalized spacial score (nSPS) is 11.0. The zero-order valence-corrected chi connectivity index (χ0v) is 15.8. The molecule has 0 unspecified atom stereocenters. The van der Waals surface area contributed by atoms with Gasteiger partial charge in [-0.05, 0) is 74.1 Å². The second-order valence-electron chi connectivity index (χ2n) is 6.74. The molecular formula is C22H34N4. The van der Waals surface area contributed by atoms with Gasteiger partial charge >= 0.3 is 0 Å². The van der Waals surface area contributed by atoms with Crippen molar-refractivity contribution < 1.29 is 0 Å². The van der Waals surface area contributed by atoms with Gasteiger partial charge in [-0.2, -0.15) is 0 Å². The van der Waals surface area contributed by atoms with Gasteiger partial charge in [0.05, 0.1) is 0 Å². The third-order valence-electron chi connectivity index (χ3n) is 4.51. The zero-order chi connectivity index (χ0) is 18.5. The summed E-state index contributed by atoms with van der Waals surface area (Å²) in [5.74, 6) is 0. The van der Waals surface area contributed by atoms with Crippen LogP contribution in [0, 0.1) is 0 Å². The maximum Gasteiger partial charge on any atom is 0.0205 e. The molecule has 0 aliphatic carbocycles. The molecule has 2 aromatic carbocycles. The second kappa shape index (κ2) is 12.6. The highest BCUT2D eigenvalue weighted by Crippen LogP contribution is 2.20. The summed E-state index contributed by atoms with van der Waals surface area (Å²) in [4.78, 5) is 0. The SMILES string of the molecule is NCCCCNCc1ccc(-c2ccc(CNCCCCN)cc2)cc1. The van der Waals surface area contributed by atoms with Crippen molar-refractivity contribution in [2.24, 2.45) is 11.5 Å². The summed E-state index contributed by atoms with van der Waals surface area (Å²) in [5.41, 5.74) is 16.2. The van der Waals surface area contributed by atoms with Crippen LogP contribution in [0.25, 0.3) is 11.1 Å². The maximum atomic E-state index is 5.51. The predicted octanol–water partition coefficient (Wildman–Crippen LogP) is 3.01. The maximum absolute atomic E-state index is 5.51. The summed E-state index contributed by atoms with van der Waals surface area (Å²) in [5, 5.41) is 6.93. The largest absolute Gasteiger partial charge is 0.330 e. The quantitative estimate of drug-likeness (QED) is 0.417. The Morgan fingerprint density at radius 3 is 1.27 bits per heavy atom. The van der Waals surface area contributed by atoms with E-state index >= 15 is 0 Å². The van der Waals surface area contributed by atoms with Crippen molar-refractivity contribution in [2.75, 3.05) is 26.2 Å². The van der Waals surface area contributed by atoms with Crippen LogP contribution in [0.15, 0.2) is 48.5 Å². The molecule has 6 N–H and O–H groups in total. The molecular weight excluding hydrogens is 320 g/mol. The van der Waals surface area contributed by atoms with Gasteiger partial charge in [0.15, 0.2) is 0 Å². The van der Waals surface area contributed by atoms with E-state index in [0.29, 0.717) is 0 Å². The summed E-state index contributed by atoms with van der Waals surface area (Å²) < 4.78 is 0. The Hall–Kier alpha value is -1.72. The third kappa shape index (κ3) is 7.67. The van der Waals surface area contributed by atoms with Crippen LogP contribution in [0.1, 0.15) is 36.8 Å². The number of rotatable bonds is 13. The number of nitrogens with two attached hydrogens (primary N) is 2. The Morgan fingerprint density at radius 1 is 0.538 bits per heavy atom. The molecule has 26 heavy (non-hydrogen) atoms. The molecule has 0 aliphatic rings. The van der Waals surface area contributed by atoms with Gasteiger partial charge in [0.25, 0.3) is 0 Å². The Kier molecular flexibility index (Phi) is 9.98. The van der Waals surface area contributed by atoms with Gasteiger partial charge in [-0.25, -0.2) is 0 Å². The minimum absolute atomic E-state index is 0.777. The highest BCUT2D eigenvalue weighted by atomic mass is 14.8. The van der Waals surface area contributed by atoms with E-state index in [4.69, 9.17) is 11.5 Å². The molecule has 0 fully saturated rings. The summed E-state index contributed by atoms with van der Waals surface area (Å²) in [6.07, 6.45) is 4.46. The van der Waals surface area contributed by atoms with Crippen LogP contribution in [0.4, 0.5) is 0 Å². The lowest BCUT2D eigenvalue weighted by Gasteiger charge is -2.08. The van der Waals surface area contributed by atoms with E-state index in [2.05, 4.69) is 59.2 Å². The molecule has 0 radical (unpaired) electrons. The van der Waals surface area contributed by atoms with Crippen LogP contribution < -0.4 is 22.1 Å². The smallest absolute Gasteiger partial charge is 0.0205 e. The van der Waals surface area contributed by atoms with Crippen molar-refractivity contribution in [3.05, 3.63) is 59.7 Å². The van der Waals surface area contributed by atoms with Gasteiger partial charge in [0.2, 0.25) is 0 Å². The summed E-state index contributed by atoms with van der Waals surface area (Å²) in [7, 11) is 0. The molecule has 0 atom stereocenters. The molecule has 0 aliphatic heterocycles. The topological polar surface area (TPSA) is 76.1 Å². The number of unbranched alkanes of at least 4 members (excludes halogenated alkanes) is 2. The third-order valence-corrected chi connectivity index (χ3v) is 4.51. The first-order valence-electron chi connectivity index (χ1n) is 9.83. The van der Waals surface area contributed by atoms with Gasteiger partial charge in [-0.1, -0.05) is 48.5 Å². The fourth-order valence-corrected chi connectivity index (χ4v) is 2.88. The van der Waals surface area contributed by atoms with E-state index in [1.807, 2.05) is 0 Å². The van der Waals surface area contributed by atoms with Crippen LogP contribution >= 0.6 is 0 Å². The first-order valence-corrected chi connectivity index (χ1v) is 9.83. The van der Waals surface area contributed by atoms with E-state index < -0.39 is 0 Å². The van der Waals surface area contributed by atoms with Gasteiger partial charge in [-0.15, -0.1) is 0 Å². The fraction of sp³-hybridized carbons (Fsp3) is 0.455. The van der Waals surface area contributed by atoms with Gasteiger partial charge in [0, 0.05) is 13.1 Å². The molecule has 0 spiro atoms. The Morgan fingerprint density at radius 2 is 0.923 bits per heavy atom. The number of nitrogens with one attached hydrogen (secondary N) is 2. The first-order chi connectivity index (χ1) is 12.8. The second-order valence-corrected chi connectivity index (χ2v) is 6.74. The standard InChI is InChI=1S/C22H34N4/c23-13-1-3-15-25-17-19-5-9-21(10-6-19)22-11-7-20(8-12-22)18-26-16-4-2-14-24/h5-12,25-26H,1-4,13-18,23-24H2. The average Bonchev–Trinajstić information content (AvgIpc) is 2.69. The monoisotopic (exact) mass is 354 g/mol. The van der Waals surface area contributed by atoms with Crippen molar-refractivity contribution in [3.63, 3.8) is 0 Å². The van der Waals surface area contributed by atoms with Crippen LogP contribution in [0.2, 0.25) is 0 Å². The fourth-order valence-electron chi connectivity index (χ4n) is 2.88. The lowest BCUT2D eigenvalue weighted by molar-refractivity contribution is 0.627. The number of hydrogen-bond acceptors (Lipinski definition) is 4. The molecule has 0 bridgehead atoms. The molecule has 142 valence electrons. The first kappa shape index (κ1) is 20.6. The predicted molar refractivity (Wildman–Crippen MR) is 112 cm³/mol. The number of hydrogen-bond donors (Lipinski definition) is 4. The Balaban J connectivity index is 1.77. The van der Waals surface area contributed by atoms with Crippen LogP contribution in [0.3, 0.4) is 0 Å². The van der Waals surface area contributed by atoms with Crippen LogP contribution in [0.5, 0.6) is 0 Å². The van der Waals surface area contributed by atoms with Gasteiger partial charge in [0.1, 0.15) is 0 Å². The van der Waals surface area contributed by atoms with Gasteiger partial charge in [-0.3, -0.25) is 0 Å². The van der Waals surface area contributed by atoms with Crippen molar-refractivity contribution in [1.29, 1.82) is 0 Å². The molecule has 0 saturated carbocycles. The van der Waals surface area contributed by atoms with Crippen LogP contribution in [-0.4, -0.2) is 26.2 Å². The van der Waals surface area contributed by atoms with E-state index in [1.54, 1.807) is 0 Å². The lowest BCUT2D eigenvalue weighted by Crippen LogP contribution is -2.15. The minimum atomic E-state index is 0.777. The zero-order valence-electron chi connectivity index (χ0n) is 15.8. The number of benzene rings is 2. The van der Waals surface area contributed by atoms with E-state index in [9.17, 15) is 0 Å². The molecule has 4 nitrogen and oxygen atoms in total. The minimum Gasteiger partial charge on any atom is -0.330 e. The van der Waals surface area contributed by atoms with Crippen molar-refractivity contribution in [1.82, 2.24) is 10.6 Å². The molecule has 4 heteroatoms. The molecule has 0 heterocycles. The van der Waals surface area contributed by atoms with Crippen molar-refractivity contribution in [3.8, 4) is 11.1 Å². The highest BCUT2D eigenvalue weighted by Gasteiger charge is 2.00. The van der Waals surface area contributed by atoms with Crippen molar-refractivity contribution >= 4 is 0 Å². The summed E-state index contributed by atoms with van der Waals surface area (Å²) in [6, 6.07) is 17.6. The summed E-state index contributed by atoms with van der Waals surface area (Å²) >= 11 is 0. The van der Waals surface area contributed by atoms with Crippen molar-refractivity contribution in [2.45, 2.75) is 38.8 Å². The van der Waals surface area contributed by atoms with E-state index in [-0.39, 0.29) is 0 Å². The Labute approximate surface area is 158 Å². The molecule has 2 aromatic rings. The average molecular weight is 355 g/mol. The van der Waals surface area contributed by atoms with E-state index in [0.717, 1.165) is 65.0 Å².